The molecule has 2 heterocycles. The molecular formula is C16H12N2O2. The maximum atomic E-state index is 12.2. The van der Waals surface area contributed by atoms with Crippen LogP contribution < -0.4 is 0 Å². The van der Waals surface area contributed by atoms with Crippen molar-refractivity contribution in [1.82, 2.24) is 9.78 Å². The molecule has 98 valence electrons. The van der Waals surface area contributed by atoms with Gasteiger partial charge < -0.3 is 4.42 Å². The van der Waals surface area contributed by atoms with Gasteiger partial charge in [-0.1, -0.05) is 18.2 Å². The summed E-state index contributed by atoms with van der Waals surface area (Å²) in [5, 5.41) is 4.22. The molecule has 0 radical (unpaired) electrons. The van der Waals surface area contributed by atoms with Gasteiger partial charge in [0.15, 0.2) is 0 Å². The van der Waals surface area contributed by atoms with Crippen molar-refractivity contribution in [3.05, 3.63) is 78.0 Å². The monoisotopic (exact) mass is 264 g/mol. The molecule has 0 aliphatic rings. The summed E-state index contributed by atoms with van der Waals surface area (Å²) in [6.07, 6.45) is 6.86. The Balaban J connectivity index is 1.79. The highest BCUT2D eigenvalue weighted by atomic mass is 16.3. The third-order valence-corrected chi connectivity index (χ3v) is 2.80. The molecule has 0 amide bonds. The second kappa shape index (κ2) is 5.40. The first-order chi connectivity index (χ1) is 9.83. The molecule has 3 aromatic rings. The van der Waals surface area contributed by atoms with Crippen molar-refractivity contribution in [1.29, 1.82) is 0 Å². The Morgan fingerprint density at radius 1 is 1.05 bits per heavy atom. The van der Waals surface area contributed by atoms with Crippen LogP contribution in [-0.2, 0) is 0 Å². The summed E-state index contributed by atoms with van der Waals surface area (Å²) in [5.74, 6) is 0.595. The van der Waals surface area contributed by atoms with Crippen LogP contribution in [0.2, 0.25) is 0 Å². The van der Waals surface area contributed by atoms with Crippen LogP contribution in [0.15, 0.2) is 65.4 Å². The summed E-state index contributed by atoms with van der Waals surface area (Å²) in [5.41, 5.74) is 1.31. The molecule has 0 fully saturated rings. The lowest BCUT2D eigenvalue weighted by atomic mass is 10.2. The molecule has 2 aromatic heterocycles. The van der Waals surface area contributed by atoms with E-state index in [0.29, 0.717) is 11.3 Å². The fourth-order valence-corrected chi connectivity index (χ4v) is 1.81. The van der Waals surface area contributed by atoms with Crippen LogP contribution in [0.4, 0.5) is 0 Å². The molecule has 0 bridgehead atoms. The second-order valence-electron chi connectivity index (χ2n) is 4.21. The molecule has 0 unspecified atom stereocenters. The third-order valence-electron chi connectivity index (χ3n) is 2.80. The van der Waals surface area contributed by atoms with Crippen LogP contribution >= 0.6 is 0 Å². The molecule has 0 aliphatic carbocycles. The summed E-state index contributed by atoms with van der Waals surface area (Å²) >= 11 is 0. The van der Waals surface area contributed by atoms with Gasteiger partial charge in [-0.25, -0.2) is 4.68 Å². The van der Waals surface area contributed by atoms with E-state index in [9.17, 15) is 4.79 Å². The van der Waals surface area contributed by atoms with E-state index in [0.717, 1.165) is 5.76 Å². The Hall–Kier alpha value is -2.88. The minimum atomic E-state index is -0.150. The van der Waals surface area contributed by atoms with Crippen molar-refractivity contribution in [2.75, 3.05) is 0 Å². The maximum Gasteiger partial charge on any atom is 0.278 e. The second-order valence-corrected chi connectivity index (χ2v) is 4.21. The number of benzene rings is 1. The molecule has 0 saturated carbocycles. The van der Waals surface area contributed by atoms with E-state index in [1.165, 1.54) is 4.68 Å². The molecule has 0 N–H and O–H groups in total. The largest absolute Gasteiger partial charge is 0.465 e. The normalized spacial score (nSPS) is 11.0. The fourth-order valence-electron chi connectivity index (χ4n) is 1.81. The third kappa shape index (κ3) is 2.59. The van der Waals surface area contributed by atoms with E-state index < -0.39 is 0 Å². The van der Waals surface area contributed by atoms with Gasteiger partial charge in [0.1, 0.15) is 5.76 Å². The zero-order valence-electron chi connectivity index (χ0n) is 10.6. The van der Waals surface area contributed by atoms with Gasteiger partial charge in [0.05, 0.1) is 12.0 Å². The smallest absolute Gasteiger partial charge is 0.278 e. The standard InChI is InChI=1S/C16H12N2O2/c19-16(13-5-2-1-3-6-13)18-11-10-14(17-18)8-9-15-7-4-12-20-15/h1-12H. The fraction of sp³-hybridized carbons (Fsp3) is 0. The summed E-state index contributed by atoms with van der Waals surface area (Å²) in [6, 6.07) is 14.5. The van der Waals surface area contributed by atoms with Crippen LogP contribution in [0.1, 0.15) is 21.8 Å². The zero-order chi connectivity index (χ0) is 13.8. The molecule has 1 aromatic carbocycles. The Labute approximate surface area is 116 Å². The van der Waals surface area contributed by atoms with E-state index in [4.69, 9.17) is 4.42 Å². The Morgan fingerprint density at radius 3 is 2.65 bits per heavy atom. The van der Waals surface area contributed by atoms with Crippen LogP contribution in [0.5, 0.6) is 0 Å². The van der Waals surface area contributed by atoms with Crippen molar-refractivity contribution in [2.24, 2.45) is 0 Å². The maximum absolute atomic E-state index is 12.2. The Kier molecular flexibility index (Phi) is 3.29. The predicted molar refractivity (Wildman–Crippen MR) is 76.0 cm³/mol. The van der Waals surface area contributed by atoms with Gasteiger partial charge in [0, 0.05) is 11.8 Å². The number of furan rings is 1. The Bertz CT molecular complexity index is 725. The number of carbonyl (C=O) groups excluding carboxylic acids is 1. The number of carbonyl (C=O) groups is 1. The van der Waals surface area contributed by atoms with Crippen molar-refractivity contribution < 1.29 is 9.21 Å². The van der Waals surface area contributed by atoms with Crippen LogP contribution in [0.25, 0.3) is 12.2 Å². The minimum Gasteiger partial charge on any atom is -0.465 e. The molecule has 0 atom stereocenters. The van der Waals surface area contributed by atoms with Crippen molar-refractivity contribution in [3.63, 3.8) is 0 Å². The van der Waals surface area contributed by atoms with Gasteiger partial charge in [0.2, 0.25) is 0 Å². The number of hydrogen-bond acceptors (Lipinski definition) is 3. The van der Waals surface area contributed by atoms with Gasteiger partial charge in [-0.2, -0.15) is 5.10 Å². The van der Waals surface area contributed by atoms with Gasteiger partial charge in [0.25, 0.3) is 5.91 Å². The Morgan fingerprint density at radius 2 is 1.90 bits per heavy atom. The van der Waals surface area contributed by atoms with Gasteiger partial charge in [-0.3, -0.25) is 4.79 Å². The number of rotatable bonds is 3. The summed E-state index contributed by atoms with van der Waals surface area (Å²) in [6.45, 7) is 0. The van der Waals surface area contributed by atoms with Crippen molar-refractivity contribution in [2.45, 2.75) is 0 Å². The highest BCUT2D eigenvalue weighted by Crippen LogP contribution is 2.08. The van der Waals surface area contributed by atoms with Crippen LogP contribution in [-0.4, -0.2) is 15.7 Å². The number of aromatic nitrogens is 2. The summed E-state index contributed by atoms with van der Waals surface area (Å²) in [7, 11) is 0. The van der Waals surface area contributed by atoms with E-state index in [1.54, 1.807) is 42.8 Å². The van der Waals surface area contributed by atoms with E-state index >= 15 is 0 Å². The molecular weight excluding hydrogens is 252 g/mol. The SMILES string of the molecule is O=C(c1ccccc1)n1ccc(C=Cc2ccco2)n1. The number of nitrogens with zero attached hydrogens (tertiary/aromatic N) is 2. The van der Waals surface area contributed by atoms with Crippen LogP contribution in [0.3, 0.4) is 0 Å². The van der Waals surface area contributed by atoms with Gasteiger partial charge in [-0.05, 0) is 42.5 Å². The first-order valence-electron chi connectivity index (χ1n) is 6.20. The van der Waals surface area contributed by atoms with Crippen LogP contribution in [0, 0.1) is 0 Å². The quantitative estimate of drug-likeness (QED) is 0.729. The van der Waals surface area contributed by atoms with Crippen molar-refractivity contribution >= 4 is 18.1 Å². The predicted octanol–water partition coefficient (Wildman–Crippen LogP) is 3.34. The lowest BCUT2D eigenvalue weighted by Gasteiger charge is -1.99. The van der Waals surface area contributed by atoms with Gasteiger partial charge >= 0.3 is 0 Å². The van der Waals surface area contributed by atoms with E-state index in [-0.39, 0.29) is 5.91 Å². The topological polar surface area (TPSA) is 48.0 Å². The average molecular weight is 264 g/mol. The minimum absolute atomic E-state index is 0.150. The molecule has 20 heavy (non-hydrogen) atoms. The highest BCUT2D eigenvalue weighted by Gasteiger charge is 2.08. The molecule has 4 nitrogen and oxygen atoms in total. The zero-order valence-corrected chi connectivity index (χ0v) is 10.6. The molecule has 0 spiro atoms. The first kappa shape index (κ1) is 12.2. The molecule has 0 aliphatic heterocycles. The number of hydrogen-bond donors (Lipinski definition) is 0. The van der Waals surface area contributed by atoms with E-state index in [2.05, 4.69) is 5.10 Å². The van der Waals surface area contributed by atoms with E-state index in [1.807, 2.05) is 30.3 Å². The summed E-state index contributed by atoms with van der Waals surface area (Å²) < 4.78 is 6.52. The molecule has 0 saturated heterocycles. The first-order valence-corrected chi connectivity index (χ1v) is 6.20. The molecule has 3 rings (SSSR count). The summed E-state index contributed by atoms with van der Waals surface area (Å²) in [4.78, 5) is 12.2. The lowest BCUT2D eigenvalue weighted by molar-refractivity contribution is 0.0945. The van der Waals surface area contributed by atoms with Crippen molar-refractivity contribution in [3.8, 4) is 0 Å². The van der Waals surface area contributed by atoms with Gasteiger partial charge in [-0.15, -0.1) is 0 Å². The molecule has 4 heteroatoms. The lowest BCUT2D eigenvalue weighted by Crippen LogP contribution is -2.12. The average Bonchev–Trinajstić information content (AvgIpc) is 3.17. The highest BCUT2D eigenvalue weighted by molar-refractivity contribution is 5.95.